The maximum atomic E-state index is 5.92. The first-order chi connectivity index (χ1) is 14.7. The number of aliphatic imine (C=N–C) groups is 2. The number of nitrogens with zero attached hydrogens (tertiary/aromatic N) is 3. The molecule has 0 atom stereocenters. The molecule has 2 aromatic rings. The topological polar surface area (TPSA) is 74.1 Å². The van der Waals surface area contributed by atoms with E-state index < -0.39 is 0 Å². The molecule has 0 unspecified atom stereocenters. The summed E-state index contributed by atoms with van der Waals surface area (Å²) in [6.45, 7) is 2.42. The zero-order valence-corrected chi connectivity index (χ0v) is 17.4. The molecule has 0 aromatic heterocycles. The average Bonchev–Trinajstić information content (AvgIpc) is 2.77. The average molecular weight is 411 g/mol. The van der Waals surface area contributed by atoms with Crippen LogP contribution in [0.3, 0.4) is 0 Å². The van der Waals surface area contributed by atoms with E-state index >= 15 is 0 Å². The van der Waals surface area contributed by atoms with Crippen molar-refractivity contribution in [1.29, 1.82) is 0 Å². The Hall–Kier alpha value is -3.10. The number of hydrogen-bond donors (Lipinski definition) is 0. The second-order valence-corrected chi connectivity index (χ2v) is 6.76. The molecule has 0 radical (unpaired) electrons. The van der Waals surface area contributed by atoms with E-state index in [1.807, 2.05) is 35.2 Å². The first kappa shape index (κ1) is 20.2. The van der Waals surface area contributed by atoms with Gasteiger partial charge >= 0.3 is 0 Å². The van der Waals surface area contributed by atoms with Gasteiger partial charge in [-0.2, -0.15) is 0 Å². The molecule has 4 rings (SSSR count). The van der Waals surface area contributed by atoms with E-state index in [4.69, 9.17) is 28.7 Å². The van der Waals surface area contributed by atoms with E-state index in [9.17, 15) is 0 Å². The van der Waals surface area contributed by atoms with Crippen LogP contribution in [0, 0.1) is 0 Å². The van der Waals surface area contributed by atoms with Gasteiger partial charge < -0.3 is 28.6 Å². The second-order valence-electron chi connectivity index (χ2n) is 6.76. The van der Waals surface area contributed by atoms with Crippen molar-refractivity contribution in [1.82, 2.24) is 4.90 Å². The highest BCUT2D eigenvalue weighted by molar-refractivity contribution is 6.12. The van der Waals surface area contributed by atoms with Gasteiger partial charge in [0.15, 0.2) is 11.5 Å². The maximum absolute atomic E-state index is 5.92. The van der Waals surface area contributed by atoms with Gasteiger partial charge in [0.1, 0.15) is 24.8 Å². The molecule has 0 N–H and O–H groups in total. The van der Waals surface area contributed by atoms with Crippen molar-refractivity contribution in [2.24, 2.45) is 9.98 Å². The Morgan fingerprint density at radius 2 is 1.60 bits per heavy atom. The molecule has 8 heteroatoms. The first-order valence-electron chi connectivity index (χ1n) is 9.72. The second kappa shape index (κ2) is 9.15. The van der Waals surface area contributed by atoms with Crippen molar-refractivity contribution in [3.63, 3.8) is 0 Å². The quantitative estimate of drug-likeness (QED) is 0.590. The minimum absolute atomic E-state index is 0.412. The molecule has 158 valence electrons. The number of amidine groups is 1. The molecule has 2 aromatic carbocycles. The first-order valence-corrected chi connectivity index (χ1v) is 9.72. The Labute approximate surface area is 175 Å². The van der Waals surface area contributed by atoms with Gasteiger partial charge in [0.2, 0.25) is 0 Å². The maximum Gasteiger partial charge on any atom is 0.163 e. The van der Waals surface area contributed by atoms with Crippen LogP contribution in [0.5, 0.6) is 17.2 Å². The summed E-state index contributed by atoms with van der Waals surface area (Å²) in [5.41, 5.74) is 3.60. The van der Waals surface area contributed by atoms with Gasteiger partial charge in [0.25, 0.3) is 0 Å². The lowest BCUT2D eigenvalue weighted by atomic mass is 10.0. The fourth-order valence-corrected chi connectivity index (χ4v) is 3.41. The molecular weight excluding hydrogens is 386 g/mol. The Morgan fingerprint density at radius 1 is 0.867 bits per heavy atom. The summed E-state index contributed by atoms with van der Waals surface area (Å²) in [4.78, 5) is 11.5. The van der Waals surface area contributed by atoms with E-state index in [0.717, 1.165) is 34.1 Å². The molecule has 0 spiro atoms. The van der Waals surface area contributed by atoms with E-state index in [2.05, 4.69) is 4.99 Å². The standard InChI is InChI=1S/C22H25N3O5/c1-26-7-9-29-20-11-15-18(12-21(20)30-10-8-27-2)23-14-25-13-16-17(24-22(15)25)5-4-6-19(16)28-3/h4-6,11-12,14H,7-10,13H2,1-3H3. The van der Waals surface area contributed by atoms with Gasteiger partial charge in [-0.1, -0.05) is 6.07 Å². The van der Waals surface area contributed by atoms with Gasteiger partial charge in [0.05, 0.1) is 44.6 Å². The van der Waals surface area contributed by atoms with Crippen LogP contribution in [0.15, 0.2) is 40.3 Å². The van der Waals surface area contributed by atoms with Gasteiger partial charge in [-0.05, 0) is 18.2 Å². The van der Waals surface area contributed by atoms with E-state index in [1.165, 1.54) is 0 Å². The summed E-state index contributed by atoms with van der Waals surface area (Å²) in [7, 11) is 4.95. The molecule has 0 amide bonds. The zero-order chi connectivity index (χ0) is 20.9. The van der Waals surface area contributed by atoms with Crippen molar-refractivity contribution in [2.75, 3.05) is 47.8 Å². The molecule has 2 heterocycles. The van der Waals surface area contributed by atoms with Crippen LogP contribution in [0.25, 0.3) is 0 Å². The molecule has 0 saturated heterocycles. The predicted octanol–water partition coefficient (Wildman–Crippen LogP) is 3.31. The Balaban J connectivity index is 1.72. The Morgan fingerprint density at radius 3 is 2.30 bits per heavy atom. The lowest BCUT2D eigenvalue weighted by Gasteiger charge is -2.31. The highest BCUT2D eigenvalue weighted by atomic mass is 16.5. The van der Waals surface area contributed by atoms with Crippen LogP contribution in [-0.4, -0.2) is 64.8 Å². The Kier molecular flexibility index (Phi) is 6.15. The summed E-state index contributed by atoms with van der Waals surface area (Å²) >= 11 is 0. The van der Waals surface area contributed by atoms with Crippen LogP contribution in [0.2, 0.25) is 0 Å². The third kappa shape index (κ3) is 3.96. The smallest absolute Gasteiger partial charge is 0.163 e. The fourth-order valence-electron chi connectivity index (χ4n) is 3.41. The minimum atomic E-state index is 0.412. The zero-order valence-electron chi connectivity index (χ0n) is 17.4. The van der Waals surface area contributed by atoms with Crippen molar-refractivity contribution in [3.05, 3.63) is 41.5 Å². The van der Waals surface area contributed by atoms with Gasteiger partial charge in [-0.25, -0.2) is 9.98 Å². The number of ether oxygens (including phenoxy) is 5. The lowest BCUT2D eigenvalue weighted by molar-refractivity contribution is 0.132. The summed E-state index contributed by atoms with van der Waals surface area (Å²) in [5.74, 6) is 2.88. The monoisotopic (exact) mass is 411 g/mol. The predicted molar refractivity (Wildman–Crippen MR) is 114 cm³/mol. The largest absolute Gasteiger partial charge is 0.496 e. The molecule has 0 fully saturated rings. The normalized spacial score (nSPS) is 13.8. The summed E-state index contributed by atoms with van der Waals surface area (Å²) in [6.07, 6.45) is 1.79. The molecular formula is C22H25N3O5. The molecule has 2 aliphatic heterocycles. The van der Waals surface area contributed by atoms with Gasteiger partial charge in [0, 0.05) is 31.4 Å². The van der Waals surface area contributed by atoms with Gasteiger partial charge in [-0.3, -0.25) is 0 Å². The molecule has 0 saturated carbocycles. The summed E-state index contributed by atoms with van der Waals surface area (Å²) in [6, 6.07) is 9.69. The molecule has 2 aliphatic rings. The highest BCUT2D eigenvalue weighted by Gasteiger charge is 2.28. The molecule has 8 nitrogen and oxygen atoms in total. The van der Waals surface area contributed by atoms with Crippen LogP contribution < -0.4 is 14.2 Å². The van der Waals surface area contributed by atoms with E-state index in [-0.39, 0.29) is 0 Å². The van der Waals surface area contributed by atoms with Gasteiger partial charge in [-0.15, -0.1) is 0 Å². The third-order valence-corrected chi connectivity index (χ3v) is 4.88. The van der Waals surface area contributed by atoms with E-state index in [0.29, 0.717) is 44.5 Å². The summed E-state index contributed by atoms with van der Waals surface area (Å²) in [5, 5.41) is 0. The number of fused-ring (bicyclic) bond motifs is 4. The Bertz CT molecular complexity index is 973. The molecule has 30 heavy (non-hydrogen) atoms. The number of hydrogen-bond acceptors (Lipinski definition) is 8. The summed E-state index contributed by atoms with van der Waals surface area (Å²) < 4.78 is 27.5. The van der Waals surface area contributed by atoms with Crippen LogP contribution >= 0.6 is 0 Å². The number of benzene rings is 2. The van der Waals surface area contributed by atoms with Crippen molar-refractivity contribution >= 4 is 23.5 Å². The van der Waals surface area contributed by atoms with Crippen LogP contribution in [0.4, 0.5) is 11.4 Å². The molecule has 0 bridgehead atoms. The van der Waals surface area contributed by atoms with Crippen molar-refractivity contribution in [2.45, 2.75) is 6.54 Å². The number of methoxy groups -OCH3 is 3. The van der Waals surface area contributed by atoms with Crippen LogP contribution in [-0.2, 0) is 16.0 Å². The highest BCUT2D eigenvalue weighted by Crippen LogP contribution is 2.41. The fraction of sp³-hybridized carbons (Fsp3) is 0.364. The lowest BCUT2D eigenvalue weighted by Crippen LogP contribution is -2.34. The SMILES string of the molecule is COCCOc1cc2c(cc1OCCOC)C1=Nc3cccc(OC)c3CN1C=N2. The molecule has 0 aliphatic carbocycles. The van der Waals surface area contributed by atoms with Crippen molar-refractivity contribution < 1.29 is 23.7 Å². The van der Waals surface area contributed by atoms with E-state index in [1.54, 1.807) is 27.7 Å². The van der Waals surface area contributed by atoms with Crippen LogP contribution in [0.1, 0.15) is 11.1 Å². The minimum Gasteiger partial charge on any atom is -0.496 e. The number of rotatable bonds is 9. The van der Waals surface area contributed by atoms with Crippen molar-refractivity contribution in [3.8, 4) is 17.2 Å². The third-order valence-electron chi connectivity index (χ3n) is 4.88.